The molecule has 122 valence electrons. The molecule has 2 heteroatoms. The van der Waals surface area contributed by atoms with Crippen LogP contribution in [0.4, 0.5) is 0 Å². The van der Waals surface area contributed by atoms with E-state index >= 15 is 0 Å². The number of methoxy groups -OCH3 is 1. The van der Waals surface area contributed by atoms with E-state index in [1.807, 2.05) is 0 Å². The average Bonchev–Trinajstić information content (AvgIpc) is 2.51. The first-order valence-electron chi connectivity index (χ1n) is 9.20. The highest BCUT2D eigenvalue weighted by atomic mass is 16.5. The molecule has 2 aliphatic carbocycles. The van der Waals surface area contributed by atoms with Crippen molar-refractivity contribution in [3.05, 3.63) is 11.6 Å². The van der Waals surface area contributed by atoms with Crippen molar-refractivity contribution in [3.8, 4) is 0 Å². The first-order valence-corrected chi connectivity index (χ1v) is 9.20. The van der Waals surface area contributed by atoms with Crippen molar-refractivity contribution in [1.82, 2.24) is 5.32 Å². The highest BCUT2D eigenvalue weighted by Gasteiger charge is 2.21. The van der Waals surface area contributed by atoms with Gasteiger partial charge in [-0.3, -0.25) is 0 Å². The van der Waals surface area contributed by atoms with Gasteiger partial charge in [0.15, 0.2) is 0 Å². The van der Waals surface area contributed by atoms with Crippen LogP contribution in [-0.4, -0.2) is 26.8 Å². The molecule has 0 amide bonds. The van der Waals surface area contributed by atoms with E-state index in [0.717, 1.165) is 37.5 Å². The quantitative estimate of drug-likeness (QED) is 0.549. The third-order valence-electron chi connectivity index (χ3n) is 5.37. The number of nitrogens with one attached hydrogen (secondary N) is 1. The van der Waals surface area contributed by atoms with Gasteiger partial charge in [-0.25, -0.2) is 0 Å². The van der Waals surface area contributed by atoms with E-state index in [-0.39, 0.29) is 0 Å². The highest BCUT2D eigenvalue weighted by molar-refractivity contribution is 5.12. The van der Waals surface area contributed by atoms with Crippen LogP contribution in [0, 0.1) is 17.8 Å². The largest absolute Gasteiger partial charge is 0.383 e. The molecule has 0 heterocycles. The summed E-state index contributed by atoms with van der Waals surface area (Å²) < 4.78 is 5.15. The van der Waals surface area contributed by atoms with Crippen LogP contribution < -0.4 is 5.32 Å². The molecule has 21 heavy (non-hydrogen) atoms. The van der Waals surface area contributed by atoms with Gasteiger partial charge < -0.3 is 10.1 Å². The van der Waals surface area contributed by atoms with Crippen LogP contribution in [0.2, 0.25) is 0 Å². The second-order valence-corrected chi connectivity index (χ2v) is 7.28. The smallest absolute Gasteiger partial charge is 0.0587 e. The Balaban J connectivity index is 1.92. The van der Waals surface area contributed by atoms with Gasteiger partial charge in [0.2, 0.25) is 0 Å². The van der Waals surface area contributed by atoms with Gasteiger partial charge in [0, 0.05) is 20.2 Å². The molecule has 2 unspecified atom stereocenters. The lowest BCUT2D eigenvalue weighted by Crippen LogP contribution is -2.26. The Hall–Kier alpha value is -0.340. The van der Waals surface area contributed by atoms with Gasteiger partial charge in [0.05, 0.1) is 6.61 Å². The maximum absolute atomic E-state index is 5.15. The Labute approximate surface area is 131 Å². The van der Waals surface area contributed by atoms with Crippen LogP contribution in [0.1, 0.15) is 64.7 Å². The molecule has 0 aromatic heterocycles. The van der Waals surface area contributed by atoms with Gasteiger partial charge in [0.25, 0.3) is 0 Å². The number of ether oxygens (including phenoxy) is 1. The van der Waals surface area contributed by atoms with Crippen molar-refractivity contribution >= 4 is 0 Å². The summed E-state index contributed by atoms with van der Waals surface area (Å²) in [5.41, 5.74) is 1.71. The fraction of sp³-hybridized carbons (Fsp3) is 0.895. The molecule has 0 aromatic carbocycles. The normalized spacial score (nSPS) is 28.8. The van der Waals surface area contributed by atoms with Gasteiger partial charge >= 0.3 is 0 Å². The van der Waals surface area contributed by atoms with Crippen LogP contribution in [0.15, 0.2) is 11.6 Å². The lowest BCUT2D eigenvalue weighted by atomic mass is 9.78. The third kappa shape index (κ3) is 6.12. The second kappa shape index (κ2) is 9.63. The van der Waals surface area contributed by atoms with E-state index in [2.05, 4.69) is 18.3 Å². The molecule has 2 aliphatic rings. The van der Waals surface area contributed by atoms with E-state index in [4.69, 9.17) is 4.74 Å². The van der Waals surface area contributed by atoms with Gasteiger partial charge in [-0.1, -0.05) is 50.7 Å². The minimum absolute atomic E-state index is 0.818. The van der Waals surface area contributed by atoms with Crippen LogP contribution in [0.25, 0.3) is 0 Å². The van der Waals surface area contributed by atoms with E-state index in [1.54, 1.807) is 12.7 Å². The topological polar surface area (TPSA) is 21.3 Å². The Morgan fingerprint density at radius 3 is 2.62 bits per heavy atom. The van der Waals surface area contributed by atoms with Gasteiger partial charge in [-0.15, -0.1) is 0 Å². The summed E-state index contributed by atoms with van der Waals surface area (Å²) in [5.74, 6) is 2.62. The van der Waals surface area contributed by atoms with Crippen LogP contribution in [-0.2, 0) is 4.74 Å². The third-order valence-corrected chi connectivity index (χ3v) is 5.37. The zero-order chi connectivity index (χ0) is 14.9. The highest BCUT2D eigenvalue weighted by Crippen LogP contribution is 2.34. The molecule has 0 saturated heterocycles. The van der Waals surface area contributed by atoms with E-state index < -0.39 is 0 Å². The molecule has 2 atom stereocenters. The maximum Gasteiger partial charge on any atom is 0.0587 e. The summed E-state index contributed by atoms with van der Waals surface area (Å²) in [4.78, 5) is 0. The summed E-state index contributed by atoms with van der Waals surface area (Å²) >= 11 is 0. The van der Waals surface area contributed by atoms with Crippen molar-refractivity contribution in [2.24, 2.45) is 17.8 Å². The van der Waals surface area contributed by atoms with Crippen molar-refractivity contribution in [2.45, 2.75) is 64.7 Å². The molecule has 0 spiro atoms. The molecule has 0 bridgehead atoms. The van der Waals surface area contributed by atoms with Gasteiger partial charge in [-0.05, 0) is 43.4 Å². The molecule has 2 rings (SSSR count). The molecule has 0 radical (unpaired) electrons. The number of rotatable bonds is 7. The standard InChI is InChI=1S/C19H35NO/c1-16-7-6-8-17(13-16)14-19(15-20-11-12-21-2)18-9-4-3-5-10-18/h14,16-18,20H,3-13,15H2,1-2H3. The minimum atomic E-state index is 0.818. The zero-order valence-electron chi connectivity index (χ0n) is 14.2. The lowest BCUT2D eigenvalue weighted by Gasteiger charge is -2.29. The minimum Gasteiger partial charge on any atom is -0.383 e. The molecule has 0 aromatic rings. The van der Waals surface area contributed by atoms with Gasteiger partial charge in [0.1, 0.15) is 0 Å². The summed E-state index contributed by atoms with van der Waals surface area (Å²) in [6.07, 6.45) is 15.5. The Kier molecular flexibility index (Phi) is 7.81. The molecular weight excluding hydrogens is 258 g/mol. The van der Waals surface area contributed by atoms with E-state index in [0.29, 0.717) is 0 Å². The van der Waals surface area contributed by atoms with E-state index in [1.165, 1.54) is 57.8 Å². The van der Waals surface area contributed by atoms with Crippen LogP contribution in [0.3, 0.4) is 0 Å². The Morgan fingerprint density at radius 1 is 1.10 bits per heavy atom. The zero-order valence-corrected chi connectivity index (χ0v) is 14.2. The molecule has 2 saturated carbocycles. The molecule has 0 aliphatic heterocycles. The van der Waals surface area contributed by atoms with Crippen molar-refractivity contribution < 1.29 is 4.74 Å². The number of hydrogen-bond donors (Lipinski definition) is 1. The summed E-state index contributed by atoms with van der Waals surface area (Å²) in [6, 6.07) is 0. The first kappa shape index (κ1) is 17.0. The number of allylic oxidation sites excluding steroid dienone is 1. The van der Waals surface area contributed by atoms with Crippen molar-refractivity contribution in [1.29, 1.82) is 0 Å². The van der Waals surface area contributed by atoms with E-state index in [9.17, 15) is 0 Å². The van der Waals surface area contributed by atoms with Crippen molar-refractivity contribution in [3.63, 3.8) is 0 Å². The average molecular weight is 293 g/mol. The molecule has 2 fully saturated rings. The monoisotopic (exact) mass is 293 g/mol. The summed E-state index contributed by atoms with van der Waals surface area (Å²) in [7, 11) is 1.78. The summed E-state index contributed by atoms with van der Waals surface area (Å²) in [5, 5.41) is 3.59. The van der Waals surface area contributed by atoms with Crippen molar-refractivity contribution in [2.75, 3.05) is 26.8 Å². The van der Waals surface area contributed by atoms with Crippen LogP contribution in [0.5, 0.6) is 0 Å². The predicted octanol–water partition coefficient (Wildman–Crippen LogP) is 4.56. The predicted molar refractivity (Wildman–Crippen MR) is 90.5 cm³/mol. The SMILES string of the molecule is COCCNCC(=CC1CCCC(C)C1)C1CCCCC1. The number of hydrogen-bond acceptors (Lipinski definition) is 2. The maximum atomic E-state index is 5.15. The van der Waals surface area contributed by atoms with Gasteiger partial charge in [-0.2, -0.15) is 0 Å². The fourth-order valence-corrected chi connectivity index (χ4v) is 4.15. The molecule has 1 N–H and O–H groups in total. The summed E-state index contributed by atoms with van der Waals surface area (Å²) in [6.45, 7) is 5.30. The lowest BCUT2D eigenvalue weighted by molar-refractivity contribution is 0.200. The molecular formula is C19H35NO. The van der Waals surface area contributed by atoms with Crippen LogP contribution >= 0.6 is 0 Å². The first-order chi connectivity index (χ1) is 10.3. The Bertz CT molecular complexity index is 307. The second-order valence-electron chi connectivity index (χ2n) is 7.28. The Morgan fingerprint density at radius 2 is 1.90 bits per heavy atom. The molecule has 2 nitrogen and oxygen atoms in total. The fourth-order valence-electron chi connectivity index (χ4n) is 4.15.